The molecule has 0 aliphatic carbocycles. The normalized spacial score (nSPS) is 26.1. The second-order valence-electron chi connectivity index (χ2n) is 7.14. The molecule has 2 aliphatic rings. The fraction of sp³-hybridized carbons (Fsp3) is 0.733. The first-order valence-corrected chi connectivity index (χ1v) is 7.74. The van der Waals surface area contributed by atoms with E-state index in [1.54, 1.807) is 10.9 Å². The molecule has 2 saturated heterocycles. The zero-order valence-electron chi connectivity index (χ0n) is 13.7. The summed E-state index contributed by atoms with van der Waals surface area (Å²) in [7, 11) is -0.456. The molecule has 0 atom stereocenters. The lowest BCUT2D eigenvalue weighted by Gasteiger charge is -2.32. The van der Waals surface area contributed by atoms with Crippen LogP contribution in [0, 0.1) is 0 Å². The summed E-state index contributed by atoms with van der Waals surface area (Å²) in [4.78, 5) is 11.6. The number of carbonyl (C=O) groups excluding carboxylic acids is 1. The molecule has 0 bridgehead atoms. The topological polar surface area (TPSA) is 62.6 Å². The number of ether oxygens (including phenoxy) is 1. The molecule has 22 heavy (non-hydrogen) atoms. The van der Waals surface area contributed by atoms with Crippen LogP contribution < -0.4 is 5.46 Å². The minimum absolute atomic E-state index is 0.388. The van der Waals surface area contributed by atoms with Crippen molar-refractivity contribution in [3.63, 3.8) is 0 Å². The first-order chi connectivity index (χ1) is 10.3. The van der Waals surface area contributed by atoms with Gasteiger partial charge in [-0.25, -0.2) is 0 Å². The van der Waals surface area contributed by atoms with Gasteiger partial charge in [-0.05, 0) is 27.7 Å². The van der Waals surface area contributed by atoms with Crippen molar-refractivity contribution in [2.45, 2.75) is 57.3 Å². The van der Waals surface area contributed by atoms with Crippen molar-refractivity contribution >= 4 is 18.9 Å². The number of hydrogen-bond acceptors (Lipinski definition) is 5. The highest BCUT2D eigenvalue weighted by atomic mass is 16.7. The maximum absolute atomic E-state index is 11.6. The maximum Gasteiger partial charge on any atom is 0.498 e. The van der Waals surface area contributed by atoms with Crippen molar-refractivity contribution in [3.05, 3.63) is 12.4 Å². The summed E-state index contributed by atoms with van der Waals surface area (Å²) >= 11 is 0. The molecule has 7 heteroatoms. The van der Waals surface area contributed by atoms with Crippen LogP contribution in [-0.4, -0.2) is 47.6 Å². The third-order valence-electron chi connectivity index (χ3n) is 5.16. The van der Waals surface area contributed by atoms with E-state index in [9.17, 15) is 4.79 Å². The highest BCUT2D eigenvalue weighted by molar-refractivity contribution is 6.62. The van der Waals surface area contributed by atoms with E-state index >= 15 is 0 Å². The van der Waals surface area contributed by atoms with E-state index in [2.05, 4.69) is 5.10 Å². The molecule has 0 unspecified atom stereocenters. The summed E-state index contributed by atoms with van der Waals surface area (Å²) in [5.41, 5.74) is -0.548. The predicted molar refractivity (Wildman–Crippen MR) is 82.0 cm³/mol. The van der Waals surface area contributed by atoms with Crippen LogP contribution in [-0.2, 0) is 24.4 Å². The first kappa shape index (κ1) is 15.7. The third kappa shape index (κ3) is 2.41. The molecule has 0 radical (unpaired) electrons. The molecule has 0 N–H and O–H groups in total. The predicted octanol–water partition coefficient (Wildman–Crippen LogP) is 0.887. The number of nitrogens with zero attached hydrogens (tertiary/aromatic N) is 2. The fourth-order valence-electron chi connectivity index (χ4n) is 2.81. The van der Waals surface area contributed by atoms with Gasteiger partial charge in [0.2, 0.25) is 0 Å². The van der Waals surface area contributed by atoms with E-state index in [1.165, 1.54) is 0 Å². The van der Waals surface area contributed by atoms with Crippen molar-refractivity contribution in [2.75, 3.05) is 13.2 Å². The summed E-state index contributed by atoms with van der Waals surface area (Å²) in [6.07, 6.45) is 5.85. The van der Waals surface area contributed by atoms with Crippen molar-refractivity contribution < 1.29 is 18.8 Å². The van der Waals surface area contributed by atoms with E-state index in [0.717, 1.165) is 11.7 Å². The van der Waals surface area contributed by atoms with Crippen LogP contribution in [0.15, 0.2) is 12.4 Å². The van der Waals surface area contributed by atoms with Crippen LogP contribution in [0.3, 0.4) is 0 Å². The quantitative estimate of drug-likeness (QED) is 0.613. The Morgan fingerprint density at radius 1 is 1.18 bits per heavy atom. The summed E-state index contributed by atoms with van der Waals surface area (Å²) in [6.45, 7) is 9.21. The molecule has 1 aromatic rings. The second kappa shape index (κ2) is 5.18. The van der Waals surface area contributed by atoms with Crippen molar-refractivity contribution in [3.8, 4) is 0 Å². The van der Waals surface area contributed by atoms with Gasteiger partial charge in [0, 0.05) is 43.9 Å². The third-order valence-corrected chi connectivity index (χ3v) is 5.16. The average molecular weight is 306 g/mol. The van der Waals surface area contributed by atoms with Gasteiger partial charge in [0.15, 0.2) is 0 Å². The molecule has 1 aromatic heterocycles. The van der Waals surface area contributed by atoms with Gasteiger partial charge >= 0.3 is 7.12 Å². The zero-order valence-corrected chi connectivity index (χ0v) is 13.7. The highest BCUT2D eigenvalue weighted by Crippen LogP contribution is 2.36. The summed E-state index contributed by atoms with van der Waals surface area (Å²) in [5, 5.41) is 4.39. The standard InChI is InChI=1S/C15H23BN2O4/c1-13(2)14(3,4)22-16(21-13)12-9-17-18(10-12)15(11-19)5-7-20-8-6-15/h9-11H,5-8H2,1-4H3. The Bertz CT molecular complexity index is 548. The molecular formula is C15H23BN2O4. The van der Waals surface area contributed by atoms with E-state index < -0.39 is 12.7 Å². The van der Waals surface area contributed by atoms with Crippen molar-refractivity contribution in [2.24, 2.45) is 0 Å². The van der Waals surface area contributed by atoms with Gasteiger partial charge < -0.3 is 18.8 Å². The van der Waals surface area contributed by atoms with Crippen LogP contribution >= 0.6 is 0 Å². The van der Waals surface area contributed by atoms with Gasteiger partial charge in [-0.15, -0.1) is 0 Å². The monoisotopic (exact) mass is 306 g/mol. The molecule has 0 aromatic carbocycles. The van der Waals surface area contributed by atoms with Crippen LogP contribution in [0.4, 0.5) is 0 Å². The first-order valence-electron chi connectivity index (χ1n) is 7.74. The lowest BCUT2D eigenvalue weighted by Crippen LogP contribution is -2.42. The number of aromatic nitrogens is 2. The van der Waals surface area contributed by atoms with Crippen LogP contribution in [0.1, 0.15) is 40.5 Å². The Hall–Kier alpha value is -1.18. The molecule has 0 amide bonds. The zero-order chi connectivity index (χ0) is 16.0. The Balaban J connectivity index is 1.84. The minimum atomic E-state index is -0.611. The van der Waals surface area contributed by atoms with E-state index in [0.29, 0.717) is 26.1 Å². The van der Waals surface area contributed by atoms with Crippen LogP contribution in [0.25, 0.3) is 0 Å². The van der Waals surface area contributed by atoms with Gasteiger partial charge in [-0.1, -0.05) is 0 Å². The van der Waals surface area contributed by atoms with Gasteiger partial charge in [-0.2, -0.15) is 5.10 Å². The molecule has 120 valence electrons. The molecular weight excluding hydrogens is 283 g/mol. The Morgan fingerprint density at radius 3 is 2.32 bits per heavy atom. The molecule has 2 fully saturated rings. The van der Waals surface area contributed by atoms with Gasteiger partial charge in [0.1, 0.15) is 11.8 Å². The molecule has 3 heterocycles. The van der Waals surface area contributed by atoms with E-state index in [-0.39, 0.29) is 11.2 Å². The maximum atomic E-state index is 11.6. The minimum Gasteiger partial charge on any atom is -0.399 e. The lowest BCUT2D eigenvalue weighted by molar-refractivity contribution is -0.120. The summed E-state index contributed by atoms with van der Waals surface area (Å²) in [6, 6.07) is 0. The van der Waals surface area contributed by atoms with Gasteiger partial charge in [0.25, 0.3) is 0 Å². The van der Waals surface area contributed by atoms with Crippen LogP contribution in [0.2, 0.25) is 0 Å². The molecule has 6 nitrogen and oxygen atoms in total. The highest BCUT2D eigenvalue weighted by Gasteiger charge is 2.52. The molecule has 3 rings (SSSR count). The van der Waals surface area contributed by atoms with E-state index in [1.807, 2.05) is 33.9 Å². The number of hydrogen-bond donors (Lipinski definition) is 0. The Labute approximate surface area is 131 Å². The lowest BCUT2D eigenvalue weighted by atomic mass is 9.81. The SMILES string of the molecule is CC1(C)OB(c2cnn(C3(C=O)CCOCC3)c2)OC1(C)C. The average Bonchev–Trinajstić information content (AvgIpc) is 3.04. The number of carbonyl (C=O) groups is 1. The Kier molecular flexibility index (Phi) is 3.70. The van der Waals surface area contributed by atoms with E-state index in [4.69, 9.17) is 14.0 Å². The molecule has 2 aliphatic heterocycles. The van der Waals surface area contributed by atoms with Gasteiger partial charge in [-0.3, -0.25) is 4.68 Å². The fourth-order valence-corrected chi connectivity index (χ4v) is 2.81. The van der Waals surface area contributed by atoms with Crippen molar-refractivity contribution in [1.82, 2.24) is 9.78 Å². The molecule has 0 spiro atoms. The molecule has 0 saturated carbocycles. The smallest absolute Gasteiger partial charge is 0.399 e. The number of rotatable bonds is 3. The number of aldehydes is 1. The Morgan fingerprint density at radius 2 is 1.77 bits per heavy atom. The van der Waals surface area contributed by atoms with Crippen LogP contribution in [0.5, 0.6) is 0 Å². The second-order valence-corrected chi connectivity index (χ2v) is 7.14. The van der Waals surface area contributed by atoms with Gasteiger partial charge in [0.05, 0.1) is 11.2 Å². The summed E-state index contributed by atoms with van der Waals surface area (Å²) < 4.78 is 19.2. The summed E-state index contributed by atoms with van der Waals surface area (Å²) in [5.74, 6) is 0. The van der Waals surface area contributed by atoms with Crippen molar-refractivity contribution in [1.29, 1.82) is 0 Å². The largest absolute Gasteiger partial charge is 0.498 e.